The largest absolute Gasteiger partial charge is 0.491 e. The highest BCUT2D eigenvalue weighted by molar-refractivity contribution is 5.79. The van der Waals surface area contributed by atoms with Crippen LogP contribution in [0.3, 0.4) is 0 Å². The van der Waals surface area contributed by atoms with E-state index in [1.807, 2.05) is 26.0 Å². The molecule has 1 aromatic rings. The van der Waals surface area contributed by atoms with E-state index in [2.05, 4.69) is 34.7 Å². The molecule has 0 radical (unpaired) electrons. The van der Waals surface area contributed by atoms with Gasteiger partial charge in [-0.25, -0.2) is 4.99 Å². The van der Waals surface area contributed by atoms with Crippen LogP contribution >= 0.6 is 0 Å². The summed E-state index contributed by atoms with van der Waals surface area (Å²) < 4.78 is 16.7. The first-order chi connectivity index (χ1) is 12.7. The summed E-state index contributed by atoms with van der Waals surface area (Å²) >= 11 is 0. The van der Waals surface area contributed by atoms with Crippen molar-refractivity contribution < 1.29 is 14.2 Å². The van der Waals surface area contributed by atoms with Crippen molar-refractivity contribution in [3.05, 3.63) is 29.8 Å². The van der Waals surface area contributed by atoms with Gasteiger partial charge in [-0.15, -0.1) is 0 Å². The van der Waals surface area contributed by atoms with Gasteiger partial charge in [0.25, 0.3) is 0 Å². The normalized spacial score (nSPS) is 17.5. The van der Waals surface area contributed by atoms with Crippen molar-refractivity contribution in [3.8, 4) is 5.75 Å². The predicted octanol–water partition coefficient (Wildman–Crippen LogP) is 2.72. The van der Waals surface area contributed by atoms with Crippen LogP contribution in [0.4, 0.5) is 0 Å². The second-order valence-corrected chi connectivity index (χ2v) is 6.64. The molecule has 2 N–H and O–H groups in total. The third-order valence-electron chi connectivity index (χ3n) is 3.91. The van der Waals surface area contributed by atoms with E-state index in [4.69, 9.17) is 14.2 Å². The molecule has 1 atom stereocenters. The van der Waals surface area contributed by atoms with Gasteiger partial charge < -0.3 is 24.8 Å². The molecule has 1 aliphatic heterocycles. The highest BCUT2D eigenvalue weighted by Gasteiger charge is 2.15. The van der Waals surface area contributed by atoms with Crippen LogP contribution in [-0.4, -0.2) is 51.1 Å². The van der Waals surface area contributed by atoms with Crippen LogP contribution < -0.4 is 15.4 Å². The van der Waals surface area contributed by atoms with Crippen molar-refractivity contribution in [2.45, 2.75) is 52.4 Å². The maximum atomic E-state index is 5.78. The Hall–Kier alpha value is -1.79. The Kier molecular flexibility index (Phi) is 9.28. The summed E-state index contributed by atoms with van der Waals surface area (Å²) in [5, 5.41) is 6.63. The zero-order valence-corrected chi connectivity index (χ0v) is 16.3. The summed E-state index contributed by atoms with van der Waals surface area (Å²) in [6.07, 6.45) is 2.42. The molecule has 0 saturated carbocycles. The lowest BCUT2D eigenvalue weighted by molar-refractivity contribution is 0.0420. The number of rotatable bonds is 10. The van der Waals surface area contributed by atoms with Crippen LogP contribution in [0, 0.1) is 0 Å². The first-order valence-electron chi connectivity index (χ1n) is 9.64. The number of hydrogen-bond donors (Lipinski definition) is 2. The number of ether oxygens (including phenoxy) is 3. The molecular weight excluding hydrogens is 330 g/mol. The number of guanidine groups is 1. The molecule has 1 saturated heterocycles. The monoisotopic (exact) mass is 363 g/mol. The van der Waals surface area contributed by atoms with Crippen LogP contribution in [0.1, 0.15) is 39.2 Å². The first-order valence-corrected chi connectivity index (χ1v) is 9.64. The molecule has 6 heteroatoms. The predicted molar refractivity (Wildman–Crippen MR) is 105 cm³/mol. The standard InChI is InChI=1S/C20H33N3O3/c1-4-21-20(22-11-5-12-25-19-10-13-24-15-19)23-14-17-6-8-18(9-7-17)26-16(2)3/h6-9,16,19H,4-5,10-15H2,1-3H3,(H2,21,22,23). The molecular formula is C20H33N3O3. The molecule has 26 heavy (non-hydrogen) atoms. The molecule has 146 valence electrons. The minimum atomic E-state index is 0.189. The molecule has 0 bridgehead atoms. The maximum Gasteiger partial charge on any atom is 0.191 e. The molecule has 1 aromatic carbocycles. The van der Waals surface area contributed by atoms with Crippen LogP contribution in [0.2, 0.25) is 0 Å². The number of benzene rings is 1. The summed E-state index contributed by atoms with van der Waals surface area (Å²) in [4.78, 5) is 4.64. The van der Waals surface area contributed by atoms with E-state index in [1.54, 1.807) is 0 Å². The summed E-state index contributed by atoms with van der Waals surface area (Å²) in [7, 11) is 0. The van der Waals surface area contributed by atoms with Gasteiger partial charge in [0, 0.05) is 26.3 Å². The summed E-state index contributed by atoms with van der Waals surface area (Å²) in [5.74, 6) is 1.73. The molecule has 1 aliphatic rings. The Labute approximate surface area is 157 Å². The topological polar surface area (TPSA) is 64.1 Å². The summed E-state index contributed by atoms with van der Waals surface area (Å²) in [6, 6.07) is 8.11. The van der Waals surface area contributed by atoms with Gasteiger partial charge >= 0.3 is 0 Å². The summed E-state index contributed by atoms with van der Waals surface area (Å²) in [6.45, 7) is 10.7. The van der Waals surface area contributed by atoms with Crippen LogP contribution in [-0.2, 0) is 16.0 Å². The Morgan fingerprint density at radius 2 is 2.08 bits per heavy atom. The van der Waals surface area contributed by atoms with E-state index >= 15 is 0 Å². The average molecular weight is 364 g/mol. The highest BCUT2D eigenvalue weighted by Crippen LogP contribution is 2.14. The molecule has 1 fully saturated rings. The average Bonchev–Trinajstić information content (AvgIpc) is 3.13. The van der Waals surface area contributed by atoms with Gasteiger partial charge in [0.05, 0.1) is 25.4 Å². The third kappa shape index (κ3) is 8.06. The fourth-order valence-electron chi connectivity index (χ4n) is 2.63. The SMILES string of the molecule is CCNC(=NCc1ccc(OC(C)C)cc1)NCCCOC1CCOC1. The molecule has 0 aliphatic carbocycles. The van der Waals surface area contributed by atoms with Crippen molar-refractivity contribution in [3.63, 3.8) is 0 Å². The summed E-state index contributed by atoms with van der Waals surface area (Å²) in [5.41, 5.74) is 1.16. The zero-order chi connectivity index (χ0) is 18.6. The molecule has 0 aromatic heterocycles. The van der Waals surface area contributed by atoms with Crippen molar-refractivity contribution in [2.75, 3.05) is 32.9 Å². The fraction of sp³-hybridized carbons (Fsp3) is 0.650. The highest BCUT2D eigenvalue weighted by atomic mass is 16.5. The van der Waals surface area contributed by atoms with Gasteiger partial charge in [0.2, 0.25) is 0 Å². The minimum Gasteiger partial charge on any atom is -0.491 e. The van der Waals surface area contributed by atoms with E-state index in [1.165, 1.54) is 0 Å². The molecule has 2 rings (SSSR count). The van der Waals surface area contributed by atoms with Crippen molar-refractivity contribution >= 4 is 5.96 Å². The van der Waals surface area contributed by atoms with E-state index in [-0.39, 0.29) is 12.2 Å². The quantitative estimate of drug-likeness (QED) is 0.380. The van der Waals surface area contributed by atoms with Crippen molar-refractivity contribution in [1.29, 1.82) is 0 Å². The second-order valence-electron chi connectivity index (χ2n) is 6.64. The van der Waals surface area contributed by atoms with Crippen molar-refractivity contribution in [2.24, 2.45) is 4.99 Å². The smallest absolute Gasteiger partial charge is 0.191 e. The third-order valence-corrected chi connectivity index (χ3v) is 3.91. The number of hydrogen-bond acceptors (Lipinski definition) is 4. The van der Waals surface area contributed by atoms with Gasteiger partial charge in [-0.05, 0) is 51.3 Å². The van der Waals surface area contributed by atoms with E-state index in [0.29, 0.717) is 6.54 Å². The van der Waals surface area contributed by atoms with Gasteiger partial charge in [0.1, 0.15) is 5.75 Å². The van der Waals surface area contributed by atoms with Crippen LogP contribution in [0.5, 0.6) is 5.75 Å². The Balaban J connectivity index is 1.70. The first kappa shape index (κ1) is 20.5. The van der Waals surface area contributed by atoms with E-state index in [9.17, 15) is 0 Å². The second kappa shape index (κ2) is 11.8. The molecule has 1 heterocycles. The number of nitrogens with zero attached hydrogens (tertiary/aromatic N) is 1. The van der Waals surface area contributed by atoms with Gasteiger partial charge in [0.15, 0.2) is 5.96 Å². The van der Waals surface area contributed by atoms with Gasteiger partial charge in [-0.2, -0.15) is 0 Å². The van der Waals surface area contributed by atoms with Crippen LogP contribution in [0.25, 0.3) is 0 Å². The maximum absolute atomic E-state index is 5.78. The minimum absolute atomic E-state index is 0.189. The lowest BCUT2D eigenvalue weighted by atomic mass is 10.2. The van der Waals surface area contributed by atoms with Gasteiger partial charge in [-0.1, -0.05) is 12.1 Å². The van der Waals surface area contributed by atoms with E-state index in [0.717, 1.165) is 63.0 Å². The number of nitrogens with one attached hydrogen (secondary N) is 2. The fourth-order valence-corrected chi connectivity index (χ4v) is 2.63. The molecule has 0 spiro atoms. The Bertz CT molecular complexity index is 526. The number of aliphatic imine (C=N–C) groups is 1. The van der Waals surface area contributed by atoms with Crippen molar-refractivity contribution in [1.82, 2.24) is 10.6 Å². The molecule has 0 amide bonds. The van der Waals surface area contributed by atoms with E-state index < -0.39 is 0 Å². The molecule has 6 nitrogen and oxygen atoms in total. The van der Waals surface area contributed by atoms with Crippen LogP contribution in [0.15, 0.2) is 29.3 Å². The Morgan fingerprint density at radius 3 is 2.73 bits per heavy atom. The lowest BCUT2D eigenvalue weighted by Gasteiger charge is -2.13. The molecule has 1 unspecified atom stereocenters. The zero-order valence-electron chi connectivity index (χ0n) is 16.3. The van der Waals surface area contributed by atoms with Gasteiger partial charge in [-0.3, -0.25) is 0 Å². The lowest BCUT2D eigenvalue weighted by Crippen LogP contribution is -2.38. The Morgan fingerprint density at radius 1 is 1.27 bits per heavy atom.